The van der Waals surface area contributed by atoms with Crippen molar-refractivity contribution < 1.29 is 4.39 Å². The van der Waals surface area contributed by atoms with Crippen LogP contribution < -0.4 is 0 Å². The van der Waals surface area contributed by atoms with Gasteiger partial charge in [0.05, 0.1) is 0 Å². The molecule has 0 radical (unpaired) electrons. The smallest absolute Gasteiger partial charge is 0.126 e. The number of hydrogen-bond donors (Lipinski definition) is 0. The molecule has 0 unspecified atom stereocenters. The van der Waals surface area contributed by atoms with Crippen molar-refractivity contribution in [1.29, 1.82) is 0 Å². The van der Waals surface area contributed by atoms with Gasteiger partial charge in [-0.05, 0) is 44.0 Å². The van der Waals surface area contributed by atoms with Crippen molar-refractivity contribution in [3.8, 4) is 0 Å². The highest BCUT2D eigenvalue weighted by Crippen LogP contribution is 2.25. The van der Waals surface area contributed by atoms with E-state index in [-0.39, 0.29) is 5.82 Å². The second-order valence-electron chi connectivity index (χ2n) is 4.58. The second kappa shape index (κ2) is 4.31. The van der Waals surface area contributed by atoms with Crippen LogP contribution in [-0.2, 0) is 6.54 Å². The Labute approximate surface area is 90.9 Å². The lowest BCUT2D eigenvalue weighted by atomic mass is 9.91. The van der Waals surface area contributed by atoms with E-state index in [9.17, 15) is 4.39 Å². The van der Waals surface area contributed by atoms with E-state index < -0.39 is 0 Å². The predicted molar refractivity (Wildman–Crippen MR) is 60.2 cm³/mol. The number of nitrogens with zero attached hydrogens (tertiary/aromatic N) is 1. The normalized spacial score (nSPS) is 16.8. The zero-order chi connectivity index (χ0) is 10.8. The average molecular weight is 207 g/mol. The molecular formula is C13H18FN. The maximum absolute atomic E-state index is 13.3. The lowest BCUT2D eigenvalue weighted by molar-refractivity contribution is 0.152. The molecule has 1 aromatic rings. The van der Waals surface area contributed by atoms with Crippen LogP contribution >= 0.6 is 0 Å². The number of aryl methyl sites for hydroxylation is 1. The summed E-state index contributed by atoms with van der Waals surface area (Å²) in [5.74, 6) is -0.0884. The zero-order valence-electron chi connectivity index (χ0n) is 9.46. The summed E-state index contributed by atoms with van der Waals surface area (Å²) in [5, 5.41) is 0. The molecule has 0 amide bonds. The van der Waals surface area contributed by atoms with Gasteiger partial charge in [-0.25, -0.2) is 4.39 Å². The minimum atomic E-state index is -0.0884. The second-order valence-corrected chi connectivity index (χ2v) is 4.58. The highest BCUT2D eigenvalue weighted by molar-refractivity contribution is 5.23. The Morgan fingerprint density at radius 2 is 2.13 bits per heavy atom. The Morgan fingerprint density at radius 1 is 1.40 bits per heavy atom. The van der Waals surface area contributed by atoms with E-state index in [4.69, 9.17) is 0 Å². The van der Waals surface area contributed by atoms with E-state index in [1.165, 1.54) is 19.3 Å². The van der Waals surface area contributed by atoms with Gasteiger partial charge in [0.15, 0.2) is 0 Å². The molecule has 0 N–H and O–H groups in total. The van der Waals surface area contributed by atoms with Crippen molar-refractivity contribution in [2.24, 2.45) is 0 Å². The van der Waals surface area contributed by atoms with Crippen LogP contribution in [0.1, 0.15) is 30.4 Å². The third kappa shape index (κ3) is 2.37. The highest BCUT2D eigenvalue weighted by atomic mass is 19.1. The summed E-state index contributed by atoms with van der Waals surface area (Å²) in [6.07, 6.45) is 3.94. The quantitative estimate of drug-likeness (QED) is 0.736. The van der Waals surface area contributed by atoms with Crippen molar-refractivity contribution in [3.05, 3.63) is 35.1 Å². The Balaban J connectivity index is 2.00. The van der Waals surface area contributed by atoms with Crippen LogP contribution in [0.4, 0.5) is 4.39 Å². The number of benzene rings is 1. The van der Waals surface area contributed by atoms with Gasteiger partial charge in [0.25, 0.3) is 0 Å². The molecule has 0 heterocycles. The Morgan fingerprint density at radius 3 is 2.67 bits per heavy atom. The first-order chi connectivity index (χ1) is 7.16. The molecule has 1 aliphatic rings. The third-order valence-electron chi connectivity index (χ3n) is 3.37. The fourth-order valence-corrected chi connectivity index (χ4v) is 1.98. The Bertz CT molecular complexity index is 344. The summed E-state index contributed by atoms with van der Waals surface area (Å²) in [5.41, 5.74) is 1.80. The van der Waals surface area contributed by atoms with Gasteiger partial charge in [0, 0.05) is 12.6 Å². The fourth-order valence-electron chi connectivity index (χ4n) is 1.98. The van der Waals surface area contributed by atoms with E-state index in [2.05, 4.69) is 11.9 Å². The summed E-state index contributed by atoms with van der Waals surface area (Å²) < 4.78 is 13.3. The molecule has 0 bridgehead atoms. The molecule has 0 spiro atoms. The molecule has 1 fully saturated rings. The van der Waals surface area contributed by atoms with Crippen molar-refractivity contribution in [2.75, 3.05) is 7.05 Å². The van der Waals surface area contributed by atoms with Crippen LogP contribution in [0.5, 0.6) is 0 Å². The minimum Gasteiger partial charge on any atom is -0.299 e. The Hall–Kier alpha value is -0.890. The SMILES string of the molecule is Cc1ccc(CN(C)C2CCC2)cc1F. The third-order valence-corrected chi connectivity index (χ3v) is 3.37. The van der Waals surface area contributed by atoms with Gasteiger partial charge in [0.1, 0.15) is 5.82 Å². The van der Waals surface area contributed by atoms with Gasteiger partial charge in [-0.15, -0.1) is 0 Å². The number of rotatable bonds is 3. The van der Waals surface area contributed by atoms with Crippen LogP contribution in [0.15, 0.2) is 18.2 Å². The molecule has 0 aromatic heterocycles. The lowest BCUT2D eigenvalue weighted by Gasteiger charge is -2.34. The highest BCUT2D eigenvalue weighted by Gasteiger charge is 2.21. The molecule has 0 aliphatic heterocycles. The van der Waals surface area contributed by atoms with Crippen LogP contribution in [-0.4, -0.2) is 18.0 Å². The summed E-state index contributed by atoms with van der Waals surface area (Å²) in [6.45, 7) is 2.66. The van der Waals surface area contributed by atoms with Crippen LogP contribution in [0, 0.1) is 12.7 Å². The number of hydrogen-bond acceptors (Lipinski definition) is 1. The van der Waals surface area contributed by atoms with Gasteiger partial charge >= 0.3 is 0 Å². The summed E-state index contributed by atoms with van der Waals surface area (Å²) in [4.78, 5) is 2.33. The summed E-state index contributed by atoms with van der Waals surface area (Å²) >= 11 is 0. The fraction of sp³-hybridized carbons (Fsp3) is 0.538. The van der Waals surface area contributed by atoms with Gasteiger partial charge in [0.2, 0.25) is 0 Å². The predicted octanol–water partition coefficient (Wildman–Crippen LogP) is 3.12. The molecule has 1 aliphatic carbocycles. The maximum atomic E-state index is 13.3. The van der Waals surface area contributed by atoms with E-state index in [1.54, 1.807) is 13.0 Å². The van der Waals surface area contributed by atoms with Crippen molar-refractivity contribution in [1.82, 2.24) is 4.90 Å². The van der Waals surface area contributed by atoms with E-state index in [0.29, 0.717) is 0 Å². The van der Waals surface area contributed by atoms with Gasteiger partial charge in [-0.2, -0.15) is 0 Å². The van der Waals surface area contributed by atoms with Gasteiger partial charge in [-0.3, -0.25) is 4.90 Å². The van der Waals surface area contributed by atoms with Crippen molar-refractivity contribution in [2.45, 2.75) is 38.8 Å². The first kappa shape index (κ1) is 10.6. The molecule has 1 aromatic carbocycles. The van der Waals surface area contributed by atoms with E-state index >= 15 is 0 Å². The largest absolute Gasteiger partial charge is 0.299 e. The first-order valence-corrected chi connectivity index (χ1v) is 5.62. The van der Waals surface area contributed by atoms with Crippen LogP contribution in [0.3, 0.4) is 0 Å². The zero-order valence-corrected chi connectivity index (χ0v) is 9.46. The maximum Gasteiger partial charge on any atom is 0.126 e. The van der Waals surface area contributed by atoms with Crippen molar-refractivity contribution >= 4 is 0 Å². The van der Waals surface area contributed by atoms with Gasteiger partial charge in [-0.1, -0.05) is 18.6 Å². The van der Waals surface area contributed by atoms with E-state index in [0.717, 1.165) is 23.7 Å². The van der Waals surface area contributed by atoms with Crippen molar-refractivity contribution in [3.63, 3.8) is 0 Å². The monoisotopic (exact) mass is 207 g/mol. The van der Waals surface area contributed by atoms with Crippen LogP contribution in [0.25, 0.3) is 0 Å². The molecule has 15 heavy (non-hydrogen) atoms. The molecule has 82 valence electrons. The van der Waals surface area contributed by atoms with Gasteiger partial charge < -0.3 is 0 Å². The number of halogens is 1. The lowest BCUT2D eigenvalue weighted by Crippen LogP contribution is -2.36. The molecule has 1 nitrogen and oxygen atoms in total. The molecule has 2 heteroatoms. The Kier molecular flexibility index (Phi) is 3.06. The van der Waals surface area contributed by atoms with E-state index in [1.807, 2.05) is 12.1 Å². The minimum absolute atomic E-state index is 0.0884. The molecular weight excluding hydrogens is 189 g/mol. The molecule has 2 rings (SSSR count). The molecule has 0 saturated heterocycles. The molecule has 1 saturated carbocycles. The van der Waals surface area contributed by atoms with Crippen LogP contribution in [0.2, 0.25) is 0 Å². The first-order valence-electron chi connectivity index (χ1n) is 5.62. The summed E-state index contributed by atoms with van der Waals surface area (Å²) in [7, 11) is 2.13. The summed E-state index contributed by atoms with van der Waals surface area (Å²) in [6, 6.07) is 6.26. The molecule has 0 atom stereocenters. The average Bonchev–Trinajstić information content (AvgIpc) is 2.08. The standard InChI is InChI=1S/C13H18FN/c1-10-6-7-11(8-13(10)14)9-15(2)12-4-3-5-12/h6-8,12H,3-5,9H2,1-2H3. The topological polar surface area (TPSA) is 3.24 Å².